The first-order valence-electron chi connectivity index (χ1n) is 10.9. The predicted octanol–water partition coefficient (Wildman–Crippen LogP) is 3.07. The van der Waals surface area contributed by atoms with Crippen molar-refractivity contribution in [2.75, 3.05) is 32.8 Å². The van der Waals surface area contributed by atoms with Crippen molar-refractivity contribution in [3.05, 3.63) is 71.8 Å². The molecule has 2 aromatic rings. The van der Waals surface area contributed by atoms with Gasteiger partial charge in [0, 0.05) is 26.2 Å². The normalized spacial score (nSPS) is 20.7. The summed E-state index contributed by atoms with van der Waals surface area (Å²) in [6.45, 7) is 5.82. The van der Waals surface area contributed by atoms with E-state index < -0.39 is 0 Å². The van der Waals surface area contributed by atoms with Crippen LogP contribution in [0.1, 0.15) is 36.9 Å². The van der Waals surface area contributed by atoms with Crippen molar-refractivity contribution < 1.29 is 9.59 Å². The van der Waals surface area contributed by atoms with Crippen LogP contribution in [0.25, 0.3) is 0 Å². The number of piperazine rings is 1. The maximum atomic E-state index is 12.5. The summed E-state index contributed by atoms with van der Waals surface area (Å²) in [5.41, 5.74) is 2.57. The number of carbonyl (C=O) groups is 2. The smallest absolute Gasteiger partial charge is 0.325 e. The monoisotopic (exact) mass is 406 g/mol. The van der Waals surface area contributed by atoms with Crippen LogP contribution in [0.5, 0.6) is 0 Å². The zero-order chi connectivity index (χ0) is 20.9. The van der Waals surface area contributed by atoms with Gasteiger partial charge in [-0.25, -0.2) is 9.69 Å². The molecule has 0 radical (unpaired) electrons. The third kappa shape index (κ3) is 4.40. The average Bonchev–Trinajstić information content (AvgIpc) is 3.04. The van der Waals surface area contributed by atoms with Crippen LogP contribution in [0, 0.1) is 0 Å². The maximum Gasteiger partial charge on any atom is 0.325 e. The fourth-order valence-electron chi connectivity index (χ4n) is 4.44. The Kier molecular flexibility index (Phi) is 6.45. The summed E-state index contributed by atoms with van der Waals surface area (Å²) >= 11 is 0. The van der Waals surface area contributed by atoms with Crippen LogP contribution in [0.15, 0.2) is 60.7 Å². The quantitative estimate of drug-likeness (QED) is 0.718. The molecule has 1 atom stereocenters. The van der Waals surface area contributed by atoms with Crippen LogP contribution in [0.3, 0.4) is 0 Å². The molecule has 1 N–H and O–H groups in total. The van der Waals surface area contributed by atoms with Gasteiger partial charge in [0.15, 0.2) is 0 Å². The summed E-state index contributed by atoms with van der Waals surface area (Å²) in [6, 6.07) is 20.8. The first kappa shape index (κ1) is 20.6. The lowest BCUT2D eigenvalue weighted by Crippen LogP contribution is -2.52. The molecule has 2 aliphatic heterocycles. The van der Waals surface area contributed by atoms with Crippen LogP contribution >= 0.6 is 0 Å². The van der Waals surface area contributed by atoms with Gasteiger partial charge >= 0.3 is 6.03 Å². The Morgan fingerprint density at radius 3 is 2.00 bits per heavy atom. The minimum absolute atomic E-state index is 0.0873. The first-order chi connectivity index (χ1) is 14.7. The van der Waals surface area contributed by atoms with Gasteiger partial charge in [-0.3, -0.25) is 14.6 Å². The number of urea groups is 1. The number of nitrogens with zero attached hydrogens (tertiary/aromatic N) is 3. The van der Waals surface area contributed by atoms with Crippen LogP contribution < -0.4 is 5.32 Å². The van der Waals surface area contributed by atoms with Crippen LogP contribution in [-0.4, -0.2) is 65.5 Å². The van der Waals surface area contributed by atoms with E-state index in [1.54, 1.807) is 0 Å². The van der Waals surface area contributed by atoms with E-state index in [2.05, 4.69) is 63.6 Å². The second-order valence-corrected chi connectivity index (χ2v) is 8.08. The van der Waals surface area contributed by atoms with Crippen LogP contribution in [-0.2, 0) is 4.79 Å². The van der Waals surface area contributed by atoms with Gasteiger partial charge in [-0.1, -0.05) is 74.0 Å². The van der Waals surface area contributed by atoms with Crippen molar-refractivity contribution in [1.29, 1.82) is 0 Å². The third-order valence-corrected chi connectivity index (χ3v) is 6.03. The molecule has 2 aromatic carbocycles. The Balaban J connectivity index is 1.42. The molecule has 6 heteroatoms. The molecule has 0 unspecified atom stereocenters. The van der Waals surface area contributed by atoms with E-state index in [-0.39, 0.29) is 24.0 Å². The molecule has 158 valence electrons. The summed E-state index contributed by atoms with van der Waals surface area (Å²) in [7, 11) is 0. The molecule has 3 amide bonds. The summed E-state index contributed by atoms with van der Waals surface area (Å²) in [5.74, 6) is -0.0873. The highest BCUT2D eigenvalue weighted by Crippen LogP contribution is 2.29. The fourth-order valence-corrected chi connectivity index (χ4v) is 4.44. The highest BCUT2D eigenvalue weighted by molar-refractivity contribution is 6.04. The predicted molar refractivity (Wildman–Crippen MR) is 117 cm³/mol. The molecule has 4 rings (SSSR count). The molecule has 2 aliphatic rings. The van der Waals surface area contributed by atoms with E-state index >= 15 is 0 Å². The second kappa shape index (κ2) is 9.41. The first-order valence-corrected chi connectivity index (χ1v) is 10.9. The SMILES string of the molecule is CCC[C@@H]1NC(=O)N(CN2CCN(C(c3ccccc3)c3ccccc3)CC2)C1=O. The van der Waals surface area contributed by atoms with Gasteiger partial charge in [-0.2, -0.15) is 0 Å². The third-order valence-electron chi connectivity index (χ3n) is 6.03. The molecule has 30 heavy (non-hydrogen) atoms. The van der Waals surface area contributed by atoms with E-state index in [4.69, 9.17) is 0 Å². The molecule has 2 heterocycles. The Morgan fingerprint density at radius 1 is 0.900 bits per heavy atom. The van der Waals surface area contributed by atoms with E-state index in [9.17, 15) is 9.59 Å². The highest BCUT2D eigenvalue weighted by Gasteiger charge is 2.38. The van der Waals surface area contributed by atoms with Crippen molar-refractivity contribution in [1.82, 2.24) is 20.0 Å². The van der Waals surface area contributed by atoms with Gasteiger partial charge in [-0.05, 0) is 17.5 Å². The standard InChI is InChI=1S/C24H30N4O2/c1-2-9-21-23(29)28(24(30)25-21)18-26-14-16-27(17-15-26)22(19-10-5-3-6-11-19)20-12-7-4-8-13-20/h3-8,10-13,21-22H,2,9,14-18H2,1H3,(H,25,30)/t21-/m0/s1. The summed E-state index contributed by atoms with van der Waals surface area (Å²) in [4.78, 5) is 30.8. The molecule has 0 aromatic heterocycles. The van der Waals surface area contributed by atoms with Crippen molar-refractivity contribution in [2.45, 2.75) is 31.8 Å². The van der Waals surface area contributed by atoms with Gasteiger partial charge in [0.1, 0.15) is 6.04 Å². The topological polar surface area (TPSA) is 55.9 Å². The Hall–Kier alpha value is -2.70. The lowest BCUT2D eigenvalue weighted by Gasteiger charge is -2.40. The zero-order valence-electron chi connectivity index (χ0n) is 17.5. The molecule has 0 aliphatic carbocycles. The molecule has 0 saturated carbocycles. The number of hydrogen-bond acceptors (Lipinski definition) is 4. The maximum absolute atomic E-state index is 12.5. The lowest BCUT2D eigenvalue weighted by atomic mass is 9.96. The number of amides is 3. The van der Waals surface area contributed by atoms with E-state index in [0.29, 0.717) is 13.1 Å². The zero-order valence-corrected chi connectivity index (χ0v) is 17.5. The van der Waals surface area contributed by atoms with Gasteiger partial charge in [0.05, 0.1) is 12.7 Å². The van der Waals surface area contributed by atoms with Crippen molar-refractivity contribution >= 4 is 11.9 Å². The molecule has 2 saturated heterocycles. The van der Waals surface area contributed by atoms with E-state index in [1.165, 1.54) is 16.0 Å². The van der Waals surface area contributed by atoms with Gasteiger partial charge in [-0.15, -0.1) is 0 Å². The molecule has 6 nitrogen and oxygen atoms in total. The lowest BCUT2D eigenvalue weighted by molar-refractivity contribution is -0.129. The summed E-state index contributed by atoms with van der Waals surface area (Å²) in [5, 5.41) is 2.81. The van der Waals surface area contributed by atoms with Gasteiger partial charge < -0.3 is 5.32 Å². The number of carbonyl (C=O) groups excluding carboxylic acids is 2. The van der Waals surface area contributed by atoms with Gasteiger partial charge in [0.25, 0.3) is 5.91 Å². The minimum Gasteiger partial charge on any atom is -0.326 e. The number of imide groups is 1. The molecular weight excluding hydrogens is 376 g/mol. The Labute approximate surface area is 178 Å². The van der Waals surface area contributed by atoms with Crippen molar-refractivity contribution in [3.63, 3.8) is 0 Å². The average molecular weight is 407 g/mol. The summed E-state index contributed by atoms with van der Waals surface area (Å²) in [6.07, 6.45) is 1.58. The van der Waals surface area contributed by atoms with Crippen molar-refractivity contribution in [3.8, 4) is 0 Å². The largest absolute Gasteiger partial charge is 0.326 e. The summed E-state index contributed by atoms with van der Waals surface area (Å²) < 4.78 is 0. The molecule has 0 spiro atoms. The number of benzene rings is 2. The number of hydrogen-bond donors (Lipinski definition) is 1. The number of rotatable bonds is 7. The van der Waals surface area contributed by atoms with Crippen LogP contribution in [0.2, 0.25) is 0 Å². The second-order valence-electron chi connectivity index (χ2n) is 8.08. The fraction of sp³-hybridized carbons (Fsp3) is 0.417. The molecular formula is C24H30N4O2. The Bertz CT molecular complexity index is 811. The Morgan fingerprint density at radius 2 is 1.47 bits per heavy atom. The van der Waals surface area contributed by atoms with Crippen LogP contribution in [0.4, 0.5) is 4.79 Å². The molecule has 2 fully saturated rings. The van der Waals surface area contributed by atoms with E-state index in [0.717, 1.165) is 32.6 Å². The van der Waals surface area contributed by atoms with Gasteiger partial charge in [0.2, 0.25) is 0 Å². The minimum atomic E-state index is -0.357. The van der Waals surface area contributed by atoms with E-state index in [1.807, 2.05) is 19.1 Å². The number of nitrogens with one attached hydrogen (secondary N) is 1. The molecule has 0 bridgehead atoms. The highest BCUT2D eigenvalue weighted by atomic mass is 16.2. The van der Waals surface area contributed by atoms with Crippen molar-refractivity contribution in [2.24, 2.45) is 0 Å².